The molecule has 138 valence electrons. The van der Waals surface area contributed by atoms with E-state index in [0.717, 1.165) is 12.8 Å². The minimum Gasteiger partial charge on any atom is -0.459 e. The summed E-state index contributed by atoms with van der Waals surface area (Å²) >= 11 is 1.42. The number of fused-ring (bicyclic) bond motifs is 1. The molecule has 0 N–H and O–H groups in total. The highest BCUT2D eigenvalue weighted by atomic mass is 32.2. The number of benzene rings is 1. The molecule has 0 aliphatic carbocycles. The molecule has 0 saturated heterocycles. The van der Waals surface area contributed by atoms with Crippen molar-refractivity contribution in [3.05, 3.63) is 58.9 Å². The molecule has 0 radical (unpaired) electrons. The van der Waals surface area contributed by atoms with Gasteiger partial charge in [-0.05, 0) is 30.7 Å². The lowest BCUT2D eigenvalue weighted by atomic mass is 10.2. The number of nitrogens with zero attached hydrogens (tertiary/aromatic N) is 4. The van der Waals surface area contributed by atoms with Crippen molar-refractivity contribution in [1.82, 2.24) is 19.7 Å². The fourth-order valence-corrected chi connectivity index (χ4v) is 3.57. The molecule has 0 aliphatic heterocycles. The van der Waals surface area contributed by atoms with E-state index in [1.807, 2.05) is 24.3 Å². The second-order valence-corrected chi connectivity index (χ2v) is 6.93. The van der Waals surface area contributed by atoms with Gasteiger partial charge in [-0.15, -0.1) is 10.2 Å². The number of aromatic nitrogens is 4. The summed E-state index contributed by atoms with van der Waals surface area (Å²) in [5.41, 5.74) is 0.679. The molecule has 7 nitrogen and oxygen atoms in total. The standard InChI is InChI=1S/C19H18N4O3S/c1-2-3-10-23-18(24)13-7-4-5-8-14(13)20-19(23)27-12-16-21-22-17(26-16)15-9-6-11-25-15/h4-9,11H,2-3,10,12H2,1H3. The van der Waals surface area contributed by atoms with Crippen LogP contribution in [-0.4, -0.2) is 19.7 Å². The number of thioether (sulfide) groups is 1. The van der Waals surface area contributed by atoms with Gasteiger partial charge in [-0.1, -0.05) is 37.2 Å². The average molecular weight is 382 g/mol. The van der Waals surface area contributed by atoms with Crippen LogP contribution in [0.2, 0.25) is 0 Å². The Hall–Kier alpha value is -2.87. The molecule has 0 spiro atoms. The number of rotatable bonds is 7. The molecule has 0 unspecified atom stereocenters. The number of para-hydroxylation sites is 1. The van der Waals surface area contributed by atoms with Crippen LogP contribution in [0, 0.1) is 0 Å². The van der Waals surface area contributed by atoms with E-state index in [-0.39, 0.29) is 5.56 Å². The van der Waals surface area contributed by atoms with E-state index in [1.54, 1.807) is 23.0 Å². The van der Waals surface area contributed by atoms with Crippen molar-refractivity contribution in [2.24, 2.45) is 0 Å². The van der Waals surface area contributed by atoms with E-state index in [2.05, 4.69) is 22.1 Å². The zero-order chi connectivity index (χ0) is 18.6. The first-order valence-electron chi connectivity index (χ1n) is 8.75. The van der Waals surface area contributed by atoms with Gasteiger partial charge in [0.25, 0.3) is 11.4 Å². The summed E-state index contributed by atoms with van der Waals surface area (Å²) in [4.78, 5) is 17.6. The van der Waals surface area contributed by atoms with Crippen molar-refractivity contribution in [3.63, 3.8) is 0 Å². The Morgan fingerprint density at radius 1 is 1.15 bits per heavy atom. The third-order valence-electron chi connectivity index (χ3n) is 4.09. The molecular weight excluding hydrogens is 364 g/mol. The lowest BCUT2D eigenvalue weighted by Gasteiger charge is -2.12. The minimum absolute atomic E-state index is 0.0154. The normalized spacial score (nSPS) is 11.3. The Balaban J connectivity index is 1.61. The van der Waals surface area contributed by atoms with Gasteiger partial charge >= 0.3 is 0 Å². The summed E-state index contributed by atoms with van der Waals surface area (Å²) < 4.78 is 12.6. The fourth-order valence-electron chi connectivity index (χ4n) is 2.71. The third kappa shape index (κ3) is 3.66. The smallest absolute Gasteiger partial charge is 0.283 e. The Morgan fingerprint density at radius 3 is 2.85 bits per heavy atom. The van der Waals surface area contributed by atoms with Gasteiger partial charge in [0.2, 0.25) is 5.89 Å². The van der Waals surface area contributed by atoms with Gasteiger partial charge in [0.05, 0.1) is 22.9 Å². The molecule has 4 aromatic rings. The topological polar surface area (TPSA) is 86.9 Å². The van der Waals surface area contributed by atoms with E-state index in [1.165, 1.54) is 11.8 Å². The highest BCUT2D eigenvalue weighted by Gasteiger charge is 2.15. The van der Waals surface area contributed by atoms with Crippen LogP contribution in [0.5, 0.6) is 0 Å². The van der Waals surface area contributed by atoms with Gasteiger partial charge in [-0.3, -0.25) is 9.36 Å². The van der Waals surface area contributed by atoms with Crippen LogP contribution in [0.3, 0.4) is 0 Å². The molecule has 3 aromatic heterocycles. The maximum atomic E-state index is 12.9. The van der Waals surface area contributed by atoms with Gasteiger partial charge in [0.15, 0.2) is 10.9 Å². The number of hydrogen-bond acceptors (Lipinski definition) is 7. The molecule has 0 fully saturated rings. The van der Waals surface area contributed by atoms with Crippen molar-refractivity contribution < 1.29 is 8.83 Å². The average Bonchev–Trinajstić information content (AvgIpc) is 3.37. The Morgan fingerprint density at radius 2 is 2.04 bits per heavy atom. The number of furan rings is 1. The second-order valence-electron chi connectivity index (χ2n) is 5.99. The SMILES string of the molecule is CCCCn1c(SCc2nnc(-c3ccco3)o2)nc2ccccc2c1=O. The van der Waals surface area contributed by atoms with E-state index in [9.17, 15) is 4.79 Å². The van der Waals surface area contributed by atoms with Gasteiger partial charge in [0, 0.05) is 6.54 Å². The minimum atomic E-state index is -0.0154. The van der Waals surface area contributed by atoms with Crippen molar-refractivity contribution in [3.8, 4) is 11.7 Å². The molecule has 27 heavy (non-hydrogen) atoms. The molecule has 0 saturated carbocycles. The maximum Gasteiger partial charge on any atom is 0.283 e. The lowest BCUT2D eigenvalue weighted by Crippen LogP contribution is -2.23. The predicted octanol–water partition coefficient (Wildman–Crippen LogP) is 4.13. The predicted molar refractivity (Wildman–Crippen MR) is 102 cm³/mol. The molecule has 8 heteroatoms. The number of hydrogen-bond donors (Lipinski definition) is 0. The Labute approximate surface area is 159 Å². The summed E-state index contributed by atoms with van der Waals surface area (Å²) in [6.07, 6.45) is 3.47. The molecule has 0 atom stereocenters. The van der Waals surface area contributed by atoms with Crippen LogP contribution in [-0.2, 0) is 12.3 Å². The molecule has 1 aromatic carbocycles. The quantitative estimate of drug-likeness (QED) is 0.351. The van der Waals surface area contributed by atoms with Crippen LogP contribution < -0.4 is 5.56 Å². The van der Waals surface area contributed by atoms with Gasteiger partial charge in [-0.25, -0.2) is 4.98 Å². The maximum absolute atomic E-state index is 12.9. The first-order chi connectivity index (χ1) is 13.3. The first kappa shape index (κ1) is 17.5. The van der Waals surface area contributed by atoms with Crippen LogP contribution in [0.1, 0.15) is 25.7 Å². The molecule has 0 aliphatic rings. The number of unbranched alkanes of at least 4 members (excludes halogenated alkanes) is 1. The van der Waals surface area contributed by atoms with E-state index < -0.39 is 0 Å². The monoisotopic (exact) mass is 382 g/mol. The van der Waals surface area contributed by atoms with E-state index >= 15 is 0 Å². The van der Waals surface area contributed by atoms with E-state index in [0.29, 0.717) is 45.9 Å². The van der Waals surface area contributed by atoms with Gasteiger partial charge in [0.1, 0.15) is 0 Å². The van der Waals surface area contributed by atoms with Crippen molar-refractivity contribution in [2.75, 3.05) is 0 Å². The van der Waals surface area contributed by atoms with Crippen LogP contribution >= 0.6 is 11.8 Å². The van der Waals surface area contributed by atoms with Crippen LogP contribution in [0.15, 0.2) is 61.4 Å². The molecule has 4 rings (SSSR count). The summed E-state index contributed by atoms with van der Waals surface area (Å²) in [6, 6.07) is 10.9. The van der Waals surface area contributed by atoms with Crippen molar-refractivity contribution in [1.29, 1.82) is 0 Å². The van der Waals surface area contributed by atoms with Crippen LogP contribution in [0.25, 0.3) is 22.6 Å². The zero-order valence-electron chi connectivity index (χ0n) is 14.8. The lowest BCUT2D eigenvalue weighted by molar-refractivity contribution is 0.493. The Bertz CT molecular complexity index is 1100. The second kappa shape index (κ2) is 7.79. The zero-order valence-corrected chi connectivity index (χ0v) is 15.6. The van der Waals surface area contributed by atoms with Crippen LogP contribution in [0.4, 0.5) is 0 Å². The molecule has 0 bridgehead atoms. The highest BCUT2D eigenvalue weighted by molar-refractivity contribution is 7.98. The summed E-state index contributed by atoms with van der Waals surface area (Å²) in [5.74, 6) is 1.74. The van der Waals surface area contributed by atoms with Gasteiger partial charge in [-0.2, -0.15) is 0 Å². The summed E-state index contributed by atoms with van der Waals surface area (Å²) in [7, 11) is 0. The van der Waals surface area contributed by atoms with E-state index in [4.69, 9.17) is 8.83 Å². The third-order valence-corrected chi connectivity index (χ3v) is 5.05. The first-order valence-corrected chi connectivity index (χ1v) is 9.73. The molecular formula is C19H18N4O3S. The molecule has 0 amide bonds. The summed E-state index contributed by atoms with van der Waals surface area (Å²) in [5, 5.41) is 9.34. The Kier molecular flexibility index (Phi) is 5.06. The fraction of sp³-hybridized carbons (Fsp3) is 0.263. The van der Waals surface area contributed by atoms with Crippen molar-refractivity contribution in [2.45, 2.75) is 37.2 Å². The van der Waals surface area contributed by atoms with Crippen molar-refractivity contribution >= 4 is 22.7 Å². The highest BCUT2D eigenvalue weighted by Crippen LogP contribution is 2.24. The molecule has 3 heterocycles. The summed E-state index contributed by atoms with van der Waals surface area (Å²) in [6.45, 7) is 2.73. The van der Waals surface area contributed by atoms with Gasteiger partial charge < -0.3 is 8.83 Å². The largest absolute Gasteiger partial charge is 0.459 e.